The highest BCUT2D eigenvalue weighted by Crippen LogP contribution is 2.09. The number of amides is 1. The van der Waals surface area contributed by atoms with E-state index in [0.717, 1.165) is 12.3 Å². The monoisotopic (exact) mass is 254 g/mol. The van der Waals surface area contributed by atoms with Crippen molar-refractivity contribution in [3.8, 4) is 0 Å². The number of hydrogen-bond acceptors (Lipinski definition) is 3. The van der Waals surface area contributed by atoms with Crippen molar-refractivity contribution in [2.45, 2.75) is 26.3 Å². The molecular formula is C12H15FN2O3. The molecule has 1 amide bonds. The van der Waals surface area contributed by atoms with Crippen LogP contribution in [0.15, 0.2) is 18.3 Å². The van der Waals surface area contributed by atoms with E-state index in [-0.39, 0.29) is 11.5 Å². The van der Waals surface area contributed by atoms with Gasteiger partial charge in [-0.3, -0.25) is 4.79 Å². The van der Waals surface area contributed by atoms with Crippen LogP contribution in [0.5, 0.6) is 0 Å². The van der Waals surface area contributed by atoms with Gasteiger partial charge < -0.3 is 10.4 Å². The number of hydrogen-bond donors (Lipinski definition) is 2. The van der Waals surface area contributed by atoms with Crippen LogP contribution < -0.4 is 5.32 Å². The molecule has 18 heavy (non-hydrogen) atoms. The summed E-state index contributed by atoms with van der Waals surface area (Å²) in [5, 5.41) is 11.4. The van der Waals surface area contributed by atoms with Crippen molar-refractivity contribution >= 4 is 11.9 Å². The highest BCUT2D eigenvalue weighted by molar-refractivity contribution is 5.96. The van der Waals surface area contributed by atoms with Crippen molar-refractivity contribution in [1.82, 2.24) is 10.3 Å². The zero-order chi connectivity index (χ0) is 13.7. The van der Waals surface area contributed by atoms with Gasteiger partial charge in [-0.15, -0.1) is 0 Å². The predicted molar refractivity (Wildman–Crippen MR) is 62.5 cm³/mol. The highest BCUT2D eigenvalue weighted by atomic mass is 19.1. The average Bonchev–Trinajstić information content (AvgIpc) is 2.34. The van der Waals surface area contributed by atoms with Gasteiger partial charge in [0.25, 0.3) is 5.91 Å². The largest absolute Gasteiger partial charge is 0.480 e. The molecule has 1 aromatic heterocycles. The number of carbonyl (C=O) groups excluding carboxylic acids is 1. The zero-order valence-electron chi connectivity index (χ0n) is 10.2. The van der Waals surface area contributed by atoms with E-state index >= 15 is 0 Å². The molecule has 1 aromatic rings. The quantitative estimate of drug-likeness (QED) is 0.779. The van der Waals surface area contributed by atoms with Gasteiger partial charge in [0.15, 0.2) is 0 Å². The summed E-state index contributed by atoms with van der Waals surface area (Å²) in [5.41, 5.74) is 0.0528. The lowest BCUT2D eigenvalue weighted by Crippen LogP contribution is -2.45. The van der Waals surface area contributed by atoms with E-state index in [0.29, 0.717) is 6.42 Å². The lowest BCUT2D eigenvalue weighted by atomic mass is 9.99. The summed E-state index contributed by atoms with van der Waals surface area (Å²) in [4.78, 5) is 26.1. The van der Waals surface area contributed by atoms with Gasteiger partial charge in [0.1, 0.15) is 6.04 Å². The second kappa shape index (κ2) is 6.09. The second-order valence-corrected chi connectivity index (χ2v) is 4.04. The summed E-state index contributed by atoms with van der Waals surface area (Å²) in [5.74, 6) is -2.72. The molecule has 0 radical (unpaired) electrons. The topological polar surface area (TPSA) is 79.3 Å². The molecule has 0 aliphatic carbocycles. The molecule has 5 nitrogen and oxygen atoms in total. The van der Waals surface area contributed by atoms with Crippen molar-refractivity contribution in [3.05, 3.63) is 29.8 Å². The van der Waals surface area contributed by atoms with Crippen LogP contribution in [0, 0.1) is 11.9 Å². The average molecular weight is 254 g/mol. The van der Waals surface area contributed by atoms with Crippen molar-refractivity contribution in [2.24, 2.45) is 5.92 Å². The van der Waals surface area contributed by atoms with E-state index < -0.39 is 23.9 Å². The standard InChI is InChI=1S/C12H15FN2O3/c1-3-7(2)10(12(17)18)15-11(16)8-4-5-14-9(13)6-8/h4-7,10H,3H2,1-2H3,(H,15,16)(H,17,18). The van der Waals surface area contributed by atoms with Crippen LogP contribution in [-0.4, -0.2) is 28.0 Å². The number of carboxylic acid groups (broad SMARTS) is 1. The predicted octanol–water partition coefficient (Wildman–Crippen LogP) is 1.45. The third kappa shape index (κ3) is 3.51. The maximum Gasteiger partial charge on any atom is 0.326 e. The van der Waals surface area contributed by atoms with E-state index in [1.54, 1.807) is 6.92 Å². The first-order valence-corrected chi connectivity index (χ1v) is 5.61. The lowest BCUT2D eigenvalue weighted by molar-refractivity contribution is -0.140. The number of aromatic nitrogens is 1. The number of rotatable bonds is 5. The number of carbonyl (C=O) groups is 2. The first kappa shape index (κ1) is 14.1. The summed E-state index contributed by atoms with van der Waals surface area (Å²) in [6.07, 6.45) is 1.77. The smallest absolute Gasteiger partial charge is 0.326 e. The van der Waals surface area contributed by atoms with Crippen molar-refractivity contribution < 1.29 is 19.1 Å². The number of nitrogens with zero attached hydrogens (tertiary/aromatic N) is 1. The Morgan fingerprint density at radius 2 is 2.22 bits per heavy atom. The van der Waals surface area contributed by atoms with Crippen LogP contribution >= 0.6 is 0 Å². The fraction of sp³-hybridized carbons (Fsp3) is 0.417. The second-order valence-electron chi connectivity index (χ2n) is 4.04. The molecule has 2 atom stereocenters. The minimum Gasteiger partial charge on any atom is -0.480 e. The molecule has 0 bridgehead atoms. The van der Waals surface area contributed by atoms with Gasteiger partial charge in [0.05, 0.1) is 0 Å². The van der Waals surface area contributed by atoms with Gasteiger partial charge in [-0.1, -0.05) is 20.3 Å². The summed E-state index contributed by atoms with van der Waals surface area (Å²) in [6, 6.07) is 1.30. The Balaban J connectivity index is 2.82. The van der Waals surface area contributed by atoms with E-state index in [9.17, 15) is 14.0 Å². The Hall–Kier alpha value is -1.98. The van der Waals surface area contributed by atoms with Crippen LogP contribution in [-0.2, 0) is 4.79 Å². The highest BCUT2D eigenvalue weighted by Gasteiger charge is 2.25. The molecule has 0 aromatic carbocycles. The van der Waals surface area contributed by atoms with E-state index in [4.69, 9.17) is 5.11 Å². The minimum atomic E-state index is -1.10. The maximum absolute atomic E-state index is 12.8. The zero-order valence-corrected chi connectivity index (χ0v) is 10.2. The van der Waals surface area contributed by atoms with Gasteiger partial charge in [-0.2, -0.15) is 4.39 Å². The Morgan fingerprint density at radius 1 is 1.56 bits per heavy atom. The van der Waals surface area contributed by atoms with Crippen molar-refractivity contribution in [2.75, 3.05) is 0 Å². The van der Waals surface area contributed by atoms with E-state index in [1.165, 1.54) is 6.07 Å². The van der Waals surface area contributed by atoms with Gasteiger partial charge >= 0.3 is 5.97 Å². The molecule has 1 rings (SSSR count). The van der Waals surface area contributed by atoms with Crippen LogP contribution in [0.2, 0.25) is 0 Å². The maximum atomic E-state index is 12.8. The number of aliphatic carboxylic acids is 1. The van der Waals surface area contributed by atoms with Crippen LogP contribution in [0.4, 0.5) is 4.39 Å². The molecule has 0 saturated heterocycles. The molecule has 98 valence electrons. The van der Waals surface area contributed by atoms with Gasteiger partial charge in [0.2, 0.25) is 5.95 Å². The molecular weight excluding hydrogens is 239 g/mol. The van der Waals surface area contributed by atoms with Crippen molar-refractivity contribution in [3.63, 3.8) is 0 Å². The fourth-order valence-corrected chi connectivity index (χ4v) is 1.45. The van der Waals surface area contributed by atoms with Gasteiger partial charge in [0, 0.05) is 17.8 Å². The number of carboxylic acids is 1. The summed E-state index contributed by atoms with van der Waals surface area (Å²) in [7, 11) is 0. The molecule has 0 fully saturated rings. The van der Waals surface area contributed by atoms with Crippen molar-refractivity contribution in [1.29, 1.82) is 0 Å². The molecule has 0 saturated carbocycles. The number of nitrogens with one attached hydrogen (secondary N) is 1. The molecule has 0 aliphatic rings. The summed E-state index contributed by atoms with van der Waals surface area (Å²) in [6.45, 7) is 3.56. The molecule has 6 heteroatoms. The van der Waals surface area contributed by atoms with E-state index in [1.807, 2.05) is 6.92 Å². The molecule has 2 unspecified atom stereocenters. The Morgan fingerprint density at radius 3 is 2.72 bits per heavy atom. The minimum absolute atomic E-state index is 0.0528. The lowest BCUT2D eigenvalue weighted by Gasteiger charge is -2.20. The summed E-state index contributed by atoms with van der Waals surface area (Å²) >= 11 is 0. The number of pyridine rings is 1. The molecule has 2 N–H and O–H groups in total. The first-order valence-electron chi connectivity index (χ1n) is 5.61. The third-order valence-corrected chi connectivity index (χ3v) is 2.75. The fourth-order valence-electron chi connectivity index (χ4n) is 1.45. The Labute approximate surface area is 104 Å². The Bertz CT molecular complexity index is 451. The van der Waals surface area contributed by atoms with Crippen LogP contribution in [0.25, 0.3) is 0 Å². The van der Waals surface area contributed by atoms with Crippen LogP contribution in [0.1, 0.15) is 30.6 Å². The SMILES string of the molecule is CCC(C)C(NC(=O)c1ccnc(F)c1)C(=O)O. The molecule has 0 aliphatic heterocycles. The Kier molecular flexibility index (Phi) is 4.76. The van der Waals surface area contributed by atoms with Gasteiger partial charge in [-0.05, 0) is 12.0 Å². The van der Waals surface area contributed by atoms with Crippen LogP contribution in [0.3, 0.4) is 0 Å². The van der Waals surface area contributed by atoms with Gasteiger partial charge in [-0.25, -0.2) is 9.78 Å². The molecule has 0 spiro atoms. The third-order valence-electron chi connectivity index (χ3n) is 2.75. The summed E-state index contributed by atoms with van der Waals surface area (Å²) < 4.78 is 12.8. The molecule has 1 heterocycles. The normalized spacial score (nSPS) is 13.7. The van der Waals surface area contributed by atoms with E-state index in [2.05, 4.69) is 10.3 Å². The number of halogens is 1. The first-order chi connectivity index (χ1) is 8.45.